The van der Waals surface area contributed by atoms with Crippen LogP contribution in [0.1, 0.15) is 6.04 Å². The second-order valence-corrected chi connectivity index (χ2v) is 6.39. The largest absolute Gasteiger partial charge is 0.497 e. The van der Waals surface area contributed by atoms with Crippen LogP contribution < -0.4 is 10.1 Å². The van der Waals surface area contributed by atoms with Gasteiger partial charge in [-0.05, 0) is 18.2 Å². The Morgan fingerprint density at radius 3 is 2.71 bits per heavy atom. The summed E-state index contributed by atoms with van der Waals surface area (Å²) in [5.41, 5.74) is 2.40. The third kappa shape index (κ3) is 3.37. The molecule has 28 heavy (non-hydrogen) atoms. The monoisotopic (exact) mass is 382 g/mol. The van der Waals surface area contributed by atoms with Gasteiger partial charge >= 0.3 is 0 Å². The molecule has 0 radical (unpaired) electrons. The summed E-state index contributed by atoms with van der Waals surface area (Å²) in [6, 6.07) is 5.78. The van der Waals surface area contributed by atoms with E-state index in [0.717, 1.165) is 33.2 Å². The van der Waals surface area contributed by atoms with Crippen LogP contribution in [-0.2, 0) is 9.47 Å². The summed E-state index contributed by atoms with van der Waals surface area (Å²) >= 11 is 0. The molecule has 0 spiro atoms. The number of benzene rings is 1. The molecule has 0 saturated heterocycles. The molecule has 146 valence electrons. The third-order valence-corrected chi connectivity index (χ3v) is 4.55. The summed E-state index contributed by atoms with van der Waals surface area (Å²) < 4.78 is 17.7. The number of aromatic nitrogens is 5. The van der Waals surface area contributed by atoms with Crippen molar-refractivity contribution in [2.75, 3.05) is 39.9 Å². The van der Waals surface area contributed by atoms with Crippen LogP contribution in [0.15, 0.2) is 36.8 Å². The molecule has 1 aromatic carbocycles. The molecule has 0 atom stereocenters. The first-order valence-corrected chi connectivity index (χ1v) is 8.83. The minimum Gasteiger partial charge on any atom is -0.497 e. The van der Waals surface area contributed by atoms with E-state index in [1.54, 1.807) is 27.5 Å². The molecule has 0 amide bonds. The number of fused-ring (bicyclic) bond motifs is 3. The zero-order valence-electron chi connectivity index (χ0n) is 16.0. The summed E-state index contributed by atoms with van der Waals surface area (Å²) in [6.45, 7) is 1.02. The molecule has 4 rings (SSSR count). The van der Waals surface area contributed by atoms with Crippen molar-refractivity contribution in [2.45, 2.75) is 6.04 Å². The van der Waals surface area contributed by atoms with Gasteiger partial charge in [-0.25, -0.2) is 4.98 Å². The molecule has 0 unspecified atom stereocenters. The molecule has 0 saturated carbocycles. The minimum atomic E-state index is -0.00650. The zero-order valence-corrected chi connectivity index (χ0v) is 16.0. The lowest BCUT2D eigenvalue weighted by atomic mass is 10.1. The van der Waals surface area contributed by atoms with E-state index in [9.17, 15) is 0 Å². The average molecular weight is 382 g/mol. The third-order valence-electron chi connectivity index (χ3n) is 4.55. The number of H-pyrrole nitrogens is 1. The number of rotatable bonds is 8. The molecule has 9 nitrogen and oxygen atoms in total. The van der Waals surface area contributed by atoms with Crippen LogP contribution in [0.5, 0.6) is 5.75 Å². The summed E-state index contributed by atoms with van der Waals surface area (Å²) in [5, 5.41) is 17.0. The van der Waals surface area contributed by atoms with Gasteiger partial charge in [0.15, 0.2) is 5.82 Å². The van der Waals surface area contributed by atoms with E-state index < -0.39 is 0 Å². The highest BCUT2D eigenvalue weighted by Gasteiger charge is 2.15. The fraction of sp³-hybridized carbons (Fsp3) is 0.316. The number of aromatic amines is 1. The van der Waals surface area contributed by atoms with Gasteiger partial charge in [-0.3, -0.25) is 9.78 Å². The summed E-state index contributed by atoms with van der Waals surface area (Å²) in [6.07, 6.45) is 5.51. The molecule has 2 N–H and O–H groups in total. The quantitative estimate of drug-likeness (QED) is 0.483. The Morgan fingerprint density at radius 1 is 1.14 bits per heavy atom. The molecular weight excluding hydrogens is 360 g/mol. The van der Waals surface area contributed by atoms with Crippen molar-refractivity contribution in [3.8, 4) is 5.75 Å². The van der Waals surface area contributed by atoms with Crippen molar-refractivity contribution < 1.29 is 14.2 Å². The number of methoxy groups -OCH3 is 3. The number of hydrogen-bond donors (Lipinski definition) is 2. The van der Waals surface area contributed by atoms with Crippen molar-refractivity contribution >= 4 is 33.3 Å². The van der Waals surface area contributed by atoms with Gasteiger partial charge in [-0.1, -0.05) is 0 Å². The van der Waals surface area contributed by atoms with Gasteiger partial charge < -0.3 is 19.5 Å². The van der Waals surface area contributed by atoms with Crippen molar-refractivity contribution in [1.29, 1.82) is 0 Å². The van der Waals surface area contributed by atoms with Crippen LogP contribution in [-0.4, -0.2) is 59.5 Å². The smallest absolute Gasteiger partial charge is 0.159 e. The number of hydrogen-bond acceptors (Lipinski definition) is 7. The highest BCUT2D eigenvalue weighted by atomic mass is 16.5. The highest BCUT2D eigenvalue weighted by Crippen LogP contribution is 2.31. The summed E-state index contributed by atoms with van der Waals surface area (Å²) in [4.78, 5) is 4.74. The molecule has 0 bridgehead atoms. The van der Waals surface area contributed by atoms with Crippen LogP contribution in [0, 0.1) is 0 Å². The zero-order chi connectivity index (χ0) is 19.5. The Labute approximate surface area is 161 Å². The Hall–Kier alpha value is -3.17. The van der Waals surface area contributed by atoms with Crippen LogP contribution >= 0.6 is 0 Å². The number of nitrogens with one attached hydrogen (secondary N) is 2. The minimum absolute atomic E-state index is 0.00650. The number of pyridine rings is 1. The molecule has 9 heteroatoms. The van der Waals surface area contributed by atoms with E-state index in [-0.39, 0.29) is 6.04 Å². The van der Waals surface area contributed by atoms with Gasteiger partial charge in [0.05, 0.1) is 43.8 Å². The number of ether oxygens (including phenoxy) is 3. The predicted molar refractivity (Wildman–Crippen MR) is 106 cm³/mol. The number of anilines is 2. The first-order chi connectivity index (χ1) is 13.7. The standard InChI is InChI=1S/C19H22N6O3/c1-26-10-13(11-27-2)25-9-12(7-21-25)22-19-18-16(8-20-24-18)15-6-14(28-3)4-5-17(15)23-19/h4-9,13H,10-11H2,1-3H3,(H,20,24)(H,22,23). The normalized spacial score (nSPS) is 11.6. The fourth-order valence-corrected chi connectivity index (χ4v) is 3.22. The molecule has 0 aliphatic heterocycles. The maximum absolute atomic E-state index is 5.33. The first-order valence-electron chi connectivity index (χ1n) is 8.83. The summed E-state index contributed by atoms with van der Waals surface area (Å²) in [5.74, 6) is 1.43. The van der Waals surface area contributed by atoms with E-state index in [4.69, 9.17) is 19.2 Å². The van der Waals surface area contributed by atoms with Crippen molar-refractivity contribution in [2.24, 2.45) is 0 Å². The maximum Gasteiger partial charge on any atom is 0.159 e. The van der Waals surface area contributed by atoms with E-state index >= 15 is 0 Å². The fourth-order valence-electron chi connectivity index (χ4n) is 3.22. The summed E-state index contributed by atoms with van der Waals surface area (Å²) in [7, 11) is 4.97. The Morgan fingerprint density at radius 2 is 1.96 bits per heavy atom. The van der Waals surface area contributed by atoms with Crippen LogP contribution in [0.3, 0.4) is 0 Å². The molecule has 0 aliphatic carbocycles. The van der Waals surface area contributed by atoms with Crippen LogP contribution in [0.4, 0.5) is 11.5 Å². The lowest BCUT2D eigenvalue weighted by Crippen LogP contribution is -2.20. The molecular formula is C19H22N6O3. The van der Waals surface area contributed by atoms with Gasteiger partial charge in [0, 0.05) is 37.4 Å². The van der Waals surface area contributed by atoms with E-state index in [2.05, 4.69) is 20.6 Å². The maximum atomic E-state index is 5.33. The lowest BCUT2D eigenvalue weighted by molar-refractivity contribution is 0.0839. The molecule has 0 fully saturated rings. The van der Waals surface area contributed by atoms with E-state index in [1.807, 2.05) is 35.3 Å². The lowest BCUT2D eigenvalue weighted by Gasteiger charge is -2.15. The topological polar surface area (TPSA) is 99.1 Å². The molecule has 3 aromatic heterocycles. The van der Waals surface area contributed by atoms with Gasteiger partial charge in [0.25, 0.3) is 0 Å². The molecule has 0 aliphatic rings. The van der Waals surface area contributed by atoms with Crippen molar-refractivity contribution in [3.63, 3.8) is 0 Å². The van der Waals surface area contributed by atoms with Crippen LogP contribution in [0.25, 0.3) is 21.8 Å². The number of nitrogens with zero attached hydrogens (tertiary/aromatic N) is 4. The Balaban J connectivity index is 1.69. The average Bonchev–Trinajstić information content (AvgIpc) is 3.37. The second-order valence-electron chi connectivity index (χ2n) is 6.39. The Bertz CT molecular complexity index is 1080. The van der Waals surface area contributed by atoms with Gasteiger partial charge in [0.2, 0.25) is 0 Å². The van der Waals surface area contributed by atoms with Gasteiger partial charge in [-0.15, -0.1) is 0 Å². The highest BCUT2D eigenvalue weighted by molar-refractivity contribution is 6.09. The van der Waals surface area contributed by atoms with E-state index in [0.29, 0.717) is 19.0 Å². The first kappa shape index (κ1) is 18.2. The molecule has 4 aromatic rings. The van der Waals surface area contributed by atoms with Gasteiger partial charge in [0.1, 0.15) is 11.3 Å². The second kappa shape index (κ2) is 7.83. The van der Waals surface area contributed by atoms with Crippen LogP contribution in [0.2, 0.25) is 0 Å². The van der Waals surface area contributed by atoms with E-state index in [1.165, 1.54) is 0 Å². The molecule has 3 heterocycles. The Kier molecular flexibility index (Phi) is 5.09. The van der Waals surface area contributed by atoms with Gasteiger partial charge in [-0.2, -0.15) is 10.2 Å². The SMILES string of the molecule is COCC(COC)n1cc(Nc2nc3ccc(OC)cc3c3c[nH]nc23)cn1. The van der Waals surface area contributed by atoms with Crippen molar-refractivity contribution in [1.82, 2.24) is 25.0 Å². The predicted octanol–water partition coefficient (Wildman–Crippen LogP) is 2.89. The van der Waals surface area contributed by atoms with Crippen molar-refractivity contribution in [3.05, 3.63) is 36.8 Å².